The number of alkyl halides is 3. The summed E-state index contributed by atoms with van der Waals surface area (Å²) >= 11 is 0. The summed E-state index contributed by atoms with van der Waals surface area (Å²) in [5.74, 6) is -1.12. The molecule has 8 nitrogen and oxygen atoms in total. The van der Waals surface area contributed by atoms with Gasteiger partial charge < -0.3 is 16.2 Å². The minimum atomic E-state index is -4.93. The van der Waals surface area contributed by atoms with E-state index < -0.39 is 23.6 Å². The fraction of sp³-hybridized carbons (Fsp3) is 0.231. The first-order valence-corrected chi connectivity index (χ1v) is 11.8. The maximum atomic E-state index is 13.8. The third-order valence-corrected chi connectivity index (χ3v) is 6.50. The molecule has 0 unspecified atom stereocenters. The number of rotatable bonds is 5. The number of aromatic amines is 1. The Morgan fingerprint density at radius 3 is 2.39 bits per heavy atom. The molecule has 1 aliphatic rings. The Labute approximate surface area is 214 Å². The van der Waals surface area contributed by atoms with Crippen LogP contribution in [0.25, 0.3) is 22.0 Å². The molecule has 0 bridgehead atoms. The van der Waals surface area contributed by atoms with E-state index in [0.717, 1.165) is 51.6 Å². The Morgan fingerprint density at radius 1 is 1.05 bits per heavy atom. The number of ether oxygens (including phenoxy) is 1. The number of hydrogen-bond donors (Lipinski definition) is 3. The zero-order chi connectivity index (χ0) is 27.0. The van der Waals surface area contributed by atoms with Gasteiger partial charge in [0.25, 0.3) is 0 Å². The number of urea groups is 1. The van der Waals surface area contributed by atoms with Crippen molar-refractivity contribution in [1.29, 1.82) is 0 Å². The van der Waals surface area contributed by atoms with Gasteiger partial charge in [0.2, 0.25) is 0 Å². The number of aromatic nitrogens is 2. The van der Waals surface area contributed by atoms with Crippen molar-refractivity contribution in [1.82, 2.24) is 15.1 Å². The van der Waals surface area contributed by atoms with E-state index in [2.05, 4.69) is 15.1 Å². The van der Waals surface area contributed by atoms with Gasteiger partial charge in [0, 0.05) is 19.6 Å². The standard InChI is InChI=1S/C26H24F4N6O2/c27-21-8-6-18(13-20(21)26(28,29)30)36(25(32)37)17-4-1-15(2-5-17)19-7-3-16(14-35-9-11-38-12-10-35)23-22(19)24(31)34-33-23/h1-8,13H,9-12,14H2,(H2,32,37)(H3,31,33,34). The fourth-order valence-corrected chi connectivity index (χ4v) is 4.65. The van der Waals surface area contributed by atoms with E-state index in [1.165, 1.54) is 0 Å². The number of primary amides is 1. The van der Waals surface area contributed by atoms with Gasteiger partial charge in [0.05, 0.1) is 41.1 Å². The quantitative estimate of drug-likeness (QED) is 0.315. The highest BCUT2D eigenvalue weighted by molar-refractivity contribution is 6.03. The monoisotopic (exact) mass is 528 g/mol. The van der Waals surface area contributed by atoms with Crippen LogP contribution in [0.2, 0.25) is 0 Å². The van der Waals surface area contributed by atoms with E-state index in [1.54, 1.807) is 24.3 Å². The molecule has 1 fully saturated rings. The molecule has 0 saturated carbocycles. The number of nitrogens with two attached hydrogens (primary N) is 2. The summed E-state index contributed by atoms with van der Waals surface area (Å²) in [7, 11) is 0. The number of nitrogens with one attached hydrogen (secondary N) is 1. The summed E-state index contributed by atoms with van der Waals surface area (Å²) in [5.41, 5.74) is 13.6. The van der Waals surface area contributed by atoms with Crippen LogP contribution in [0, 0.1) is 5.82 Å². The van der Waals surface area contributed by atoms with Gasteiger partial charge in [-0.15, -0.1) is 0 Å². The first-order chi connectivity index (χ1) is 18.1. The lowest BCUT2D eigenvalue weighted by Crippen LogP contribution is -2.35. The van der Waals surface area contributed by atoms with Crippen molar-refractivity contribution in [2.24, 2.45) is 5.73 Å². The molecule has 1 aliphatic heterocycles. The predicted octanol–water partition coefficient (Wildman–Crippen LogP) is 5.02. The second kappa shape index (κ2) is 9.95. The number of morpholine rings is 1. The summed E-state index contributed by atoms with van der Waals surface area (Å²) in [4.78, 5) is 15.4. The van der Waals surface area contributed by atoms with Gasteiger partial charge in [0.1, 0.15) is 5.82 Å². The highest BCUT2D eigenvalue weighted by atomic mass is 19.4. The van der Waals surface area contributed by atoms with E-state index in [1.807, 2.05) is 12.1 Å². The van der Waals surface area contributed by atoms with Crippen LogP contribution in [-0.4, -0.2) is 47.4 Å². The molecule has 3 aromatic carbocycles. The van der Waals surface area contributed by atoms with Crippen molar-refractivity contribution in [3.05, 3.63) is 71.5 Å². The third-order valence-electron chi connectivity index (χ3n) is 6.50. The molecule has 1 saturated heterocycles. The first-order valence-electron chi connectivity index (χ1n) is 11.8. The van der Waals surface area contributed by atoms with Crippen LogP contribution in [0.1, 0.15) is 11.1 Å². The van der Waals surface area contributed by atoms with Crippen LogP contribution in [0.15, 0.2) is 54.6 Å². The van der Waals surface area contributed by atoms with Gasteiger partial charge >= 0.3 is 12.2 Å². The number of halogens is 4. The number of anilines is 3. The molecule has 12 heteroatoms. The highest BCUT2D eigenvalue weighted by Crippen LogP contribution is 2.38. The van der Waals surface area contributed by atoms with E-state index in [9.17, 15) is 22.4 Å². The second-order valence-electron chi connectivity index (χ2n) is 8.90. The van der Waals surface area contributed by atoms with E-state index in [-0.39, 0.29) is 11.4 Å². The number of fused-ring (bicyclic) bond motifs is 1. The number of carbonyl (C=O) groups is 1. The topological polar surface area (TPSA) is 114 Å². The summed E-state index contributed by atoms with van der Waals surface area (Å²) in [5, 5.41) is 7.96. The summed E-state index contributed by atoms with van der Waals surface area (Å²) in [6, 6.07) is 11.6. The molecule has 38 heavy (non-hydrogen) atoms. The molecule has 5 N–H and O–H groups in total. The molecule has 0 radical (unpaired) electrons. The van der Waals surface area contributed by atoms with Crippen molar-refractivity contribution >= 4 is 34.1 Å². The number of nitrogen functional groups attached to an aromatic ring is 1. The van der Waals surface area contributed by atoms with Crippen molar-refractivity contribution in [3.63, 3.8) is 0 Å². The van der Waals surface area contributed by atoms with Crippen molar-refractivity contribution in [2.75, 3.05) is 36.9 Å². The summed E-state index contributed by atoms with van der Waals surface area (Å²) in [6.07, 6.45) is -4.93. The molecule has 2 heterocycles. The Hall–Kier alpha value is -4.16. The molecule has 4 aromatic rings. The maximum absolute atomic E-state index is 13.8. The first kappa shape index (κ1) is 25.5. The van der Waals surface area contributed by atoms with Gasteiger partial charge in [-0.25, -0.2) is 9.18 Å². The van der Waals surface area contributed by atoms with Gasteiger partial charge in [-0.05, 0) is 47.0 Å². The molecule has 2 amide bonds. The van der Waals surface area contributed by atoms with Gasteiger partial charge in [0.15, 0.2) is 5.82 Å². The number of benzene rings is 3. The molecule has 0 spiro atoms. The van der Waals surface area contributed by atoms with Crippen LogP contribution >= 0.6 is 0 Å². The van der Waals surface area contributed by atoms with Gasteiger partial charge in [-0.3, -0.25) is 14.9 Å². The van der Waals surface area contributed by atoms with Crippen LogP contribution in [0.4, 0.5) is 39.5 Å². The fourth-order valence-electron chi connectivity index (χ4n) is 4.65. The number of H-pyrrole nitrogens is 1. The van der Waals surface area contributed by atoms with Crippen LogP contribution < -0.4 is 16.4 Å². The van der Waals surface area contributed by atoms with Crippen molar-refractivity contribution in [3.8, 4) is 11.1 Å². The smallest absolute Gasteiger partial charge is 0.382 e. The Morgan fingerprint density at radius 2 is 1.74 bits per heavy atom. The summed E-state index contributed by atoms with van der Waals surface area (Å²) < 4.78 is 58.9. The largest absolute Gasteiger partial charge is 0.419 e. The van der Waals surface area contributed by atoms with Crippen LogP contribution in [0.5, 0.6) is 0 Å². The third kappa shape index (κ3) is 4.87. The van der Waals surface area contributed by atoms with Crippen molar-refractivity contribution < 1.29 is 27.1 Å². The molecule has 198 valence electrons. The maximum Gasteiger partial charge on any atom is 0.419 e. The van der Waals surface area contributed by atoms with Gasteiger partial charge in [-0.1, -0.05) is 24.3 Å². The number of carbonyl (C=O) groups excluding carboxylic acids is 1. The van der Waals surface area contributed by atoms with E-state index in [0.29, 0.717) is 37.7 Å². The minimum absolute atomic E-state index is 0.210. The zero-order valence-electron chi connectivity index (χ0n) is 20.1. The lowest BCUT2D eigenvalue weighted by Gasteiger charge is -2.26. The van der Waals surface area contributed by atoms with Crippen molar-refractivity contribution in [2.45, 2.75) is 12.7 Å². The van der Waals surface area contributed by atoms with E-state index >= 15 is 0 Å². The minimum Gasteiger partial charge on any atom is -0.382 e. The predicted molar refractivity (Wildman–Crippen MR) is 135 cm³/mol. The molecule has 0 atom stereocenters. The zero-order valence-corrected chi connectivity index (χ0v) is 20.1. The number of nitrogens with zero attached hydrogens (tertiary/aromatic N) is 3. The average Bonchev–Trinajstić information content (AvgIpc) is 3.28. The number of amides is 2. The van der Waals surface area contributed by atoms with Crippen LogP contribution in [-0.2, 0) is 17.5 Å². The average molecular weight is 529 g/mol. The molecular weight excluding hydrogens is 504 g/mol. The lowest BCUT2D eigenvalue weighted by atomic mass is 9.98. The van der Waals surface area contributed by atoms with E-state index in [4.69, 9.17) is 16.2 Å². The molecular formula is C26H24F4N6O2. The van der Waals surface area contributed by atoms with Gasteiger partial charge in [-0.2, -0.15) is 18.3 Å². The summed E-state index contributed by atoms with van der Waals surface area (Å²) in [6.45, 7) is 3.70. The Bertz CT molecular complexity index is 1480. The molecule has 1 aromatic heterocycles. The molecule has 0 aliphatic carbocycles. The van der Waals surface area contributed by atoms with Crippen LogP contribution in [0.3, 0.4) is 0 Å². The lowest BCUT2D eigenvalue weighted by molar-refractivity contribution is -0.139. The highest BCUT2D eigenvalue weighted by Gasteiger charge is 2.35. The Kier molecular flexibility index (Phi) is 6.67. The Balaban J connectivity index is 1.49. The molecule has 5 rings (SSSR count). The normalized spacial score (nSPS) is 14.6. The second-order valence-corrected chi connectivity index (χ2v) is 8.90. The number of hydrogen-bond acceptors (Lipinski definition) is 5. The SMILES string of the molecule is NC(=O)N(c1ccc(-c2ccc(CN3CCOCC3)c3[nH]nc(N)c23)cc1)c1ccc(F)c(C(F)(F)F)c1.